The molecule has 1 aliphatic rings. The van der Waals surface area contributed by atoms with E-state index < -0.39 is 0 Å². The van der Waals surface area contributed by atoms with Crippen molar-refractivity contribution in [3.63, 3.8) is 0 Å². The van der Waals surface area contributed by atoms with Crippen molar-refractivity contribution < 1.29 is 4.74 Å². The molecule has 0 spiro atoms. The second-order valence-electron chi connectivity index (χ2n) is 6.39. The minimum atomic E-state index is -0.0840. The van der Waals surface area contributed by atoms with E-state index in [1.54, 1.807) is 0 Å². The number of rotatable bonds is 4. The quantitative estimate of drug-likeness (QED) is 0.843. The predicted molar refractivity (Wildman–Crippen MR) is 91.8 cm³/mol. The number of aryl methyl sites for hydroxylation is 2. The molecule has 0 aromatic carbocycles. The third-order valence-corrected chi connectivity index (χ3v) is 3.94. The average Bonchev–Trinajstić information content (AvgIpc) is 2.55. The Hall–Kier alpha value is -2.12. The van der Waals surface area contributed by atoms with Crippen LogP contribution in [-0.2, 0) is 11.3 Å². The predicted octanol–water partition coefficient (Wildman–Crippen LogP) is 1.52. The molecule has 0 radical (unpaired) electrons. The van der Waals surface area contributed by atoms with Crippen LogP contribution < -0.4 is 4.90 Å². The normalized spacial score (nSPS) is 18.6. The van der Waals surface area contributed by atoms with Gasteiger partial charge in [0.25, 0.3) is 0 Å². The maximum absolute atomic E-state index is 5.89. The van der Waals surface area contributed by atoms with Crippen molar-refractivity contribution in [2.75, 3.05) is 38.7 Å². The van der Waals surface area contributed by atoms with Crippen LogP contribution in [0.4, 0.5) is 5.95 Å². The molecule has 1 fully saturated rings. The van der Waals surface area contributed by atoms with Crippen LogP contribution in [0.3, 0.4) is 0 Å². The molecule has 2 aromatic rings. The van der Waals surface area contributed by atoms with Crippen LogP contribution in [0.5, 0.6) is 0 Å². The van der Waals surface area contributed by atoms with Gasteiger partial charge in [0.1, 0.15) is 6.10 Å². The summed E-state index contributed by atoms with van der Waals surface area (Å²) < 4.78 is 5.89. The molecule has 1 unspecified atom stereocenters. The van der Waals surface area contributed by atoms with Crippen molar-refractivity contribution in [1.82, 2.24) is 24.8 Å². The third-order valence-electron chi connectivity index (χ3n) is 3.94. The smallest absolute Gasteiger partial charge is 0.224 e. The summed E-state index contributed by atoms with van der Waals surface area (Å²) in [5.74, 6) is 1.50. The first kappa shape index (κ1) is 16.7. The van der Waals surface area contributed by atoms with Gasteiger partial charge in [0.15, 0.2) is 5.82 Å². The fourth-order valence-corrected chi connectivity index (χ4v) is 2.82. The van der Waals surface area contributed by atoms with Gasteiger partial charge in [-0.1, -0.05) is 0 Å². The molecule has 1 saturated heterocycles. The highest BCUT2D eigenvalue weighted by molar-refractivity contribution is 5.26. The number of aromatic nitrogens is 4. The van der Waals surface area contributed by atoms with Crippen LogP contribution in [0.2, 0.25) is 0 Å². The van der Waals surface area contributed by atoms with Crippen molar-refractivity contribution in [3.05, 3.63) is 41.2 Å². The second-order valence-corrected chi connectivity index (χ2v) is 6.39. The number of morpholine rings is 1. The standard InChI is InChI=1S/C17H24N6O/c1-12-7-13(2)21-16(20-12)15-11-23(5-6-24-15)10-14-8-18-17(19-9-14)22(3)4/h7-9,15H,5-6,10-11H2,1-4H3. The van der Waals surface area contributed by atoms with Gasteiger partial charge in [0.2, 0.25) is 5.95 Å². The maximum Gasteiger partial charge on any atom is 0.224 e. The van der Waals surface area contributed by atoms with Gasteiger partial charge in [0, 0.05) is 63.1 Å². The average molecular weight is 328 g/mol. The van der Waals surface area contributed by atoms with E-state index in [9.17, 15) is 0 Å². The summed E-state index contributed by atoms with van der Waals surface area (Å²) in [6.07, 6.45) is 3.69. The van der Waals surface area contributed by atoms with Crippen molar-refractivity contribution in [2.24, 2.45) is 0 Å². The summed E-state index contributed by atoms with van der Waals surface area (Å²) in [6, 6.07) is 1.98. The fourth-order valence-electron chi connectivity index (χ4n) is 2.82. The van der Waals surface area contributed by atoms with E-state index in [4.69, 9.17) is 4.74 Å². The SMILES string of the molecule is Cc1cc(C)nc(C2CN(Cc3cnc(N(C)C)nc3)CCO2)n1. The topological polar surface area (TPSA) is 67.3 Å². The highest BCUT2D eigenvalue weighted by Gasteiger charge is 2.24. The Morgan fingerprint density at radius 2 is 1.83 bits per heavy atom. The molecule has 1 aliphatic heterocycles. The van der Waals surface area contributed by atoms with E-state index in [0.29, 0.717) is 6.61 Å². The van der Waals surface area contributed by atoms with Crippen molar-refractivity contribution in [2.45, 2.75) is 26.5 Å². The van der Waals surface area contributed by atoms with Gasteiger partial charge in [-0.3, -0.25) is 4.90 Å². The number of nitrogens with zero attached hydrogens (tertiary/aromatic N) is 6. The molecule has 0 aliphatic carbocycles. The van der Waals surface area contributed by atoms with Gasteiger partial charge in [-0.05, 0) is 19.9 Å². The summed E-state index contributed by atoms with van der Waals surface area (Å²) in [6.45, 7) is 7.12. The van der Waals surface area contributed by atoms with Crippen molar-refractivity contribution >= 4 is 5.95 Å². The Balaban J connectivity index is 1.67. The Morgan fingerprint density at radius 1 is 1.17 bits per heavy atom. The lowest BCUT2D eigenvalue weighted by molar-refractivity contribution is -0.0374. The number of ether oxygens (including phenoxy) is 1. The highest BCUT2D eigenvalue weighted by Crippen LogP contribution is 2.21. The minimum absolute atomic E-state index is 0.0840. The maximum atomic E-state index is 5.89. The lowest BCUT2D eigenvalue weighted by atomic mass is 10.2. The van der Waals surface area contributed by atoms with E-state index in [1.165, 1.54) is 0 Å². The molecule has 0 saturated carbocycles. The summed E-state index contributed by atoms with van der Waals surface area (Å²) in [5.41, 5.74) is 3.05. The highest BCUT2D eigenvalue weighted by atomic mass is 16.5. The number of hydrogen-bond acceptors (Lipinski definition) is 7. The number of hydrogen-bond donors (Lipinski definition) is 0. The summed E-state index contributed by atoms with van der Waals surface area (Å²) in [5, 5.41) is 0. The van der Waals surface area contributed by atoms with E-state index >= 15 is 0 Å². The lowest BCUT2D eigenvalue weighted by Crippen LogP contribution is -2.38. The second kappa shape index (κ2) is 7.19. The summed E-state index contributed by atoms with van der Waals surface area (Å²) in [4.78, 5) is 22.1. The molecular formula is C17H24N6O. The van der Waals surface area contributed by atoms with Crippen LogP contribution >= 0.6 is 0 Å². The fraction of sp³-hybridized carbons (Fsp3) is 0.529. The molecule has 2 aromatic heterocycles. The molecular weight excluding hydrogens is 304 g/mol. The molecule has 3 rings (SSSR count). The van der Waals surface area contributed by atoms with Gasteiger partial charge in [-0.25, -0.2) is 19.9 Å². The Bertz CT molecular complexity index is 668. The van der Waals surface area contributed by atoms with Gasteiger partial charge in [-0.15, -0.1) is 0 Å². The molecule has 7 heteroatoms. The van der Waals surface area contributed by atoms with Gasteiger partial charge in [0.05, 0.1) is 6.61 Å². The first-order valence-electron chi connectivity index (χ1n) is 8.15. The molecule has 1 atom stereocenters. The largest absolute Gasteiger partial charge is 0.368 e. The Labute approximate surface area is 142 Å². The van der Waals surface area contributed by atoms with E-state index in [1.807, 2.05) is 51.3 Å². The zero-order chi connectivity index (χ0) is 17.1. The summed E-state index contributed by atoms with van der Waals surface area (Å²) >= 11 is 0. The lowest BCUT2D eigenvalue weighted by Gasteiger charge is -2.32. The van der Waals surface area contributed by atoms with Crippen LogP contribution in [0.15, 0.2) is 18.5 Å². The molecule has 7 nitrogen and oxygen atoms in total. The van der Waals surface area contributed by atoms with Crippen LogP contribution in [0.1, 0.15) is 28.9 Å². The molecule has 0 amide bonds. The Kier molecular flexibility index (Phi) is 5.01. The Morgan fingerprint density at radius 3 is 2.46 bits per heavy atom. The summed E-state index contributed by atoms with van der Waals surface area (Å²) in [7, 11) is 3.87. The van der Waals surface area contributed by atoms with E-state index in [2.05, 4.69) is 24.8 Å². The van der Waals surface area contributed by atoms with Crippen LogP contribution in [0.25, 0.3) is 0 Å². The van der Waals surface area contributed by atoms with Crippen molar-refractivity contribution in [1.29, 1.82) is 0 Å². The van der Waals surface area contributed by atoms with Gasteiger partial charge in [-0.2, -0.15) is 0 Å². The van der Waals surface area contributed by atoms with Crippen LogP contribution in [-0.4, -0.2) is 58.6 Å². The monoisotopic (exact) mass is 328 g/mol. The zero-order valence-electron chi connectivity index (χ0n) is 14.7. The van der Waals surface area contributed by atoms with Gasteiger partial charge < -0.3 is 9.64 Å². The van der Waals surface area contributed by atoms with E-state index in [-0.39, 0.29) is 6.10 Å². The molecule has 0 N–H and O–H groups in total. The third kappa shape index (κ3) is 4.04. The zero-order valence-corrected chi connectivity index (χ0v) is 14.7. The van der Waals surface area contributed by atoms with E-state index in [0.717, 1.165) is 48.4 Å². The first-order valence-corrected chi connectivity index (χ1v) is 8.15. The van der Waals surface area contributed by atoms with Gasteiger partial charge >= 0.3 is 0 Å². The van der Waals surface area contributed by atoms with Crippen molar-refractivity contribution in [3.8, 4) is 0 Å². The minimum Gasteiger partial charge on any atom is -0.368 e. The number of anilines is 1. The first-order chi connectivity index (χ1) is 11.5. The van der Waals surface area contributed by atoms with Crippen LogP contribution in [0, 0.1) is 13.8 Å². The molecule has 128 valence electrons. The molecule has 0 bridgehead atoms. The molecule has 3 heterocycles. The molecule has 24 heavy (non-hydrogen) atoms.